The van der Waals surface area contributed by atoms with Gasteiger partial charge in [0.25, 0.3) is 0 Å². The Balaban J connectivity index is 2.07. The monoisotopic (exact) mass is 338 g/mol. The van der Waals surface area contributed by atoms with Crippen LogP contribution < -0.4 is 9.47 Å². The molecule has 2 nitrogen and oxygen atoms in total. The molecule has 2 aromatic carbocycles. The standard InChI is InChI=1S/C18H20Cl2O2/c1-4-12(2)21-16-9-10-18(17(20)11-16)22-13(3)14-5-7-15(19)8-6-14/h5-13H,4H2,1-3H3. The molecular weight excluding hydrogens is 319 g/mol. The van der Waals surface area contributed by atoms with Gasteiger partial charge in [-0.3, -0.25) is 0 Å². The highest BCUT2D eigenvalue weighted by molar-refractivity contribution is 6.32. The first-order chi connectivity index (χ1) is 10.5. The van der Waals surface area contributed by atoms with Crippen molar-refractivity contribution in [2.24, 2.45) is 0 Å². The summed E-state index contributed by atoms with van der Waals surface area (Å²) in [6.07, 6.45) is 0.996. The molecule has 0 radical (unpaired) electrons. The van der Waals surface area contributed by atoms with Crippen LogP contribution in [0, 0.1) is 0 Å². The first kappa shape index (κ1) is 17.0. The Labute approximate surface area is 142 Å². The summed E-state index contributed by atoms with van der Waals surface area (Å²) in [5, 5.41) is 1.25. The maximum absolute atomic E-state index is 6.29. The van der Waals surface area contributed by atoms with Crippen molar-refractivity contribution in [2.45, 2.75) is 39.4 Å². The van der Waals surface area contributed by atoms with E-state index in [1.807, 2.05) is 50.2 Å². The van der Waals surface area contributed by atoms with Crippen molar-refractivity contribution in [3.05, 3.63) is 58.1 Å². The number of hydrogen-bond acceptors (Lipinski definition) is 2. The normalized spacial score (nSPS) is 13.5. The van der Waals surface area contributed by atoms with Gasteiger partial charge in [0, 0.05) is 11.1 Å². The largest absolute Gasteiger partial charge is 0.491 e. The van der Waals surface area contributed by atoms with Crippen LogP contribution in [-0.4, -0.2) is 6.10 Å². The summed E-state index contributed by atoms with van der Waals surface area (Å²) < 4.78 is 11.7. The lowest BCUT2D eigenvalue weighted by Gasteiger charge is -2.18. The summed E-state index contributed by atoms with van der Waals surface area (Å²) >= 11 is 12.2. The molecule has 2 unspecified atom stereocenters. The number of rotatable bonds is 6. The van der Waals surface area contributed by atoms with Crippen molar-refractivity contribution in [1.29, 1.82) is 0 Å². The van der Waals surface area contributed by atoms with Crippen LogP contribution in [0.4, 0.5) is 0 Å². The first-order valence-corrected chi connectivity index (χ1v) is 8.13. The van der Waals surface area contributed by atoms with E-state index in [0.29, 0.717) is 15.8 Å². The molecule has 0 saturated heterocycles. The second kappa shape index (κ2) is 7.75. The molecule has 2 rings (SSSR count). The number of hydrogen-bond donors (Lipinski definition) is 0. The van der Waals surface area contributed by atoms with Crippen molar-refractivity contribution in [3.63, 3.8) is 0 Å². The number of benzene rings is 2. The lowest BCUT2D eigenvalue weighted by molar-refractivity contribution is 0.214. The Hall–Kier alpha value is -1.38. The van der Waals surface area contributed by atoms with Crippen molar-refractivity contribution >= 4 is 23.2 Å². The Kier molecular flexibility index (Phi) is 5.98. The zero-order valence-electron chi connectivity index (χ0n) is 13.0. The molecule has 0 aliphatic carbocycles. The molecule has 0 saturated carbocycles. The average Bonchev–Trinajstić information content (AvgIpc) is 2.50. The maximum atomic E-state index is 6.29. The van der Waals surface area contributed by atoms with Gasteiger partial charge in [0.1, 0.15) is 17.6 Å². The van der Waals surface area contributed by atoms with Gasteiger partial charge in [-0.1, -0.05) is 42.3 Å². The third kappa shape index (κ3) is 4.56. The fourth-order valence-electron chi connectivity index (χ4n) is 1.96. The second-order valence-electron chi connectivity index (χ2n) is 5.24. The number of ether oxygens (including phenoxy) is 2. The summed E-state index contributed by atoms with van der Waals surface area (Å²) in [6.45, 7) is 6.08. The van der Waals surface area contributed by atoms with Gasteiger partial charge in [-0.15, -0.1) is 0 Å². The summed E-state index contributed by atoms with van der Waals surface area (Å²) in [5.41, 5.74) is 1.04. The van der Waals surface area contributed by atoms with Crippen LogP contribution in [0.3, 0.4) is 0 Å². The highest BCUT2D eigenvalue weighted by Gasteiger charge is 2.11. The van der Waals surface area contributed by atoms with E-state index in [9.17, 15) is 0 Å². The predicted molar refractivity (Wildman–Crippen MR) is 92.3 cm³/mol. The lowest BCUT2D eigenvalue weighted by atomic mass is 10.1. The van der Waals surface area contributed by atoms with Gasteiger partial charge >= 0.3 is 0 Å². The minimum atomic E-state index is -0.115. The van der Waals surface area contributed by atoms with Crippen LogP contribution in [0.5, 0.6) is 11.5 Å². The maximum Gasteiger partial charge on any atom is 0.139 e. The molecule has 0 heterocycles. The van der Waals surface area contributed by atoms with Crippen LogP contribution in [0.1, 0.15) is 38.9 Å². The van der Waals surface area contributed by atoms with E-state index in [1.165, 1.54) is 0 Å². The summed E-state index contributed by atoms with van der Waals surface area (Å²) in [4.78, 5) is 0. The molecule has 0 aliphatic rings. The lowest BCUT2D eigenvalue weighted by Crippen LogP contribution is -2.09. The molecule has 0 aromatic heterocycles. The van der Waals surface area contributed by atoms with Crippen molar-refractivity contribution < 1.29 is 9.47 Å². The van der Waals surface area contributed by atoms with Gasteiger partial charge in [0.2, 0.25) is 0 Å². The number of halogens is 2. The second-order valence-corrected chi connectivity index (χ2v) is 6.08. The van der Waals surface area contributed by atoms with Crippen molar-refractivity contribution in [1.82, 2.24) is 0 Å². The SMILES string of the molecule is CCC(C)Oc1ccc(OC(C)c2ccc(Cl)cc2)c(Cl)c1. The molecule has 0 N–H and O–H groups in total. The van der Waals surface area contributed by atoms with E-state index in [4.69, 9.17) is 32.7 Å². The van der Waals surface area contributed by atoms with Crippen LogP contribution in [-0.2, 0) is 0 Å². The molecule has 2 aromatic rings. The Bertz CT molecular complexity index is 611. The van der Waals surface area contributed by atoms with Crippen LogP contribution in [0.15, 0.2) is 42.5 Å². The van der Waals surface area contributed by atoms with Gasteiger partial charge in [0.15, 0.2) is 0 Å². The molecule has 0 amide bonds. The molecule has 0 bridgehead atoms. The van der Waals surface area contributed by atoms with Gasteiger partial charge < -0.3 is 9.47 Å². The summed E-state index contributed by atoms with van der Waals surface area (Å²) in [5.74, 6) is 1.39. The van der Waals surface area contributed by atoms with E-state index >= 15 is 0 Å². The Morgan fingerprint density at radius 3 is 2.23 bits per heavy atom. The zero-order valence-corrected chi connectivity index (χ0v) is 14.5. The topological polar surface area (TPSA) is 18.5 Å². The van der Waals surface area contributed by atoms with Gasteiger partial charge in [-0.2, -0.15) is 0 Å². The quantitative estimate of drug-likeness (QED) is 0.614. The fraction of sp³-hybridized carbons (Fsp3) is 0.333. The molecule has 0 spiro atoms. The van der Waals surface area contributed by atoms with E-state index in [1.54, 1.807) is 6.07 Å². The van der Waals surface area contributed by atoms with E-state index < -0.39 is 0 Å². The Morgan fingerprint density at radius 1 is 0.955 bits per heavy atom. The van der Waals surface area contributed by atoms with Crippen molar-refractivity contribution in [3.8, 4) is 11.5 Å². The summed E-state index contributed by atoms with van der Waals surface area (Å²) in [6, 6.07) is 13.1. The summed E-state index contributed by atoms with van der Waals surface area (Å²) in [7, 11) is 0. The molecule has 0 aliphatic heterocycles. The highest BCUT2D eigenvalue weighted by Crippen LogP contribution is 2.32. The first-order valence-electron chi connectivity index (χ1n) is 7.38. The fourth-order valence-corrected chi connectivity index (χ4v) is 2.30. The molecular formula is C18H20Cl2O2. The minimum absolute atomic E-state index is 0.115. The predicted octanol–water partition coefficient (Wildman–Crippen LogP) is 6.31. The van der Waals surface area contributed by atoms with E-state index in [-0.39, 0.29) is 12.2 Å². The van der Waals surface area contributed by atoms with Gasteiger partial charge in [-0.25, -0.2) is 0 Å². The Morgan fingerprint density at radius 2 is 1.64 bits per heavy atom. The average molecular weight is 339 g/mol. The van der Waals surface area contributed by atoms with Gasteiger partial charge in [0.05, 0.1) is 11.1 Å². The molecule has 118 valence electrons. The molecule has 4 heteroatoms. The minimum Gasteiger partial charge on any atom is -0.491 e. The van der Waals surface area contributed by atoms with Gasteiger partial charge in [-0.05, 0) is 50.1 Å². The van der Waals surface area contributed by atoms with E-state index in [0.717, 1.165) is 17.7 Å². The van der Waals surface area contributed by atoms with Crippen LogP contribution in [0.25, 0.3) is 0 Å². The smallest absolute Gasteiger partial charge is 0.139 e. The third-order valence-electron chi connectivity index (χ3n) is 3.46. The van der Waals surface area contributed by atoms with Crippen molar-refractivity contribution in [2.75, 3.05) is 0 Å². The molecule has 0 fully saturated rings. The molecule has 22 heavy (non-hydrogen) atoms. The molecule has 2 atom stereocenters. The van der Waals surface area contributed by atoms with Crippen LogP contribution in [0.2, 0.25) is 10.0 Å². The highest BCUT2D eigenvalue weighted by atomic mass is 35.5. The van der Waals surface area contributed by atoms with Crippen LogP contribution >= 0.6 is 23.2 Å². The van der Waals surface area contributed by atoms with E-state index in [2.05, 4.69) is 6.92 Å². The third-order valence-corrected chi connectivity index (χ3v) is 4.01. The zero-order chi connectivity index (χ0) is 16.1.